The second-order valence-corrected chi connectivity index (χ2v) is 17.1. The largest absolute Gasteiger partial charge is 0.493 e. The molecule has 2 aliphatic heterocycles. The number of aromatic nitrogens is 2. The van der Waals surface area contributed by atoms with Gasteiger partial charge < -0.3 is 64.1 Å². The van der Waals surface area contributed by atoms with Crippen LogP contribution >= 0.6 is 0 Å². The van der Waals surface area contributed by atoms with Crippen molar-refractivity contribution < 1.29 is 48.2 Å². The molecule has 0 radical (unpaired) electrons. The molecule has 1 amide bonds. The number of para-hydroxylation sites is 4. The first kappa shape index (κ1) is 51.5. The number of aliphatic hydroxyl groups is 2. The van der Waals surface area contributed by atoms with Crippen molar-refractivity contribution in [3.8, 4) is 34.5 Å². The van der Waals surface area contributed by atoms with Crippen LogP contribution in [0, 0.1) is 6.92 Å². The predicted molar refractivity (Wildman–Crippen MR) is 261 cm³/mol. The predicted octanol–water partition coefficient (Wildman–Crippen LogP) is 5.03. The SMILES string of the molecule is CC(C)NCC(O)COc1ccccc1OCCCOc1ccc2c(c1)CN1CC(=O)NC1=N2.Cc1[nH]c(=O)[nH]c1C(=O)c1ccc(OCCCOc2ccccc2OCC(O)CNC(C)C)cc1. The molecule has 5 aromatic rings. The minimum Gasteiger partial charge on any atom is -0.493 e. The lowest BCUT2D eigenvalue weighted by Gasteiger charge is -2.23. The van der Waals surface area contributed by atoms with E-state index in [1.807, 2.05) is 99.3 Å². The molecule has 0 spiro atoms. The maximum atomic E-state index is 12.5. The van der Waals surface area contributed by atoms with Gasteiger partial charge in [-0.1, -0.05) is 52.0 Å². The van der Waals surface area contributed by atoms with Gasteiger partial charge in [-0.2, -0.15) is 0 Å². The Balaban J connectivity index is 0.000000227. The van der Waals surface area contributed by atoms with Crippen molar-refractivity contribution in [3.63, 3.8) is 0 Å². The fraction of sp³-hybridized carbons (Fsp3) is 0.412. The number of carbonyl (C=O) groups excluding carboxylic acids is 2. The Morgan fingerprint density at radius 3 is 1.70 bits per heavy atom. The summed E-state index contributed by atoms with van der Waals surface area (Å²) in [6.07, 6.45) is 0.119. The zero-order valence-electron chi connectivity index (χ0n) is 39.9. The number of amides is 1. The van der Waals surface area contributed by atoms with E-state index in [9.17, 15) is 24.6 Å². The van der Waals surface area contributed by atoms with Gasteiger partial charge in [0.25, 0.3) is 0 Å². The van der Waals surface area contributed by atoms with Crippen LogP contribution in [-0.4, -0.2) is 126 Å². The van der Waals surface area contributed by atoms with Crippen molar-refractivity contribution >= 4 is 23.3 Å². The molecule has 1 saturated heterocycles. The van der Waals surface area contributed by atoms with E-state index >= 15 is 0 Å². The third kappa shape index (κ3) is 16.4. The summed E-state index contributed by atoms with van der Waals surface area (Å²) in [7, 11) is 0. The highest BCUT2D eigenvalue weighted by Gasteiger charge is 2.29. The lowest BCUT2D eigenvalue weighted by atomic mass is 10.1. The van der Waals surface area contributed by atoms with E-state index in [-0.39, 0.29) is 30.6 Å². The van der Waals surface area contributed by atoms with Crippen molar-refractivity contribution in [1.82, 2.24) is 30.8 Å². The topological polar surface area (TPSA) is 230 Å². The molecular weight excluding hydrogens is 887 g/mol. The molecule has 370 valence electrons. The number of aliphatic hydroxyl groups excluding tert-OH is 2. The molecule has 2 unspecified atom stereocenters. The molecular formula is C51H65N7O11. The molecule has 1 aromatic heterocycles. The van der Waals surface area contributed by atoms with Crippen LogP contribution in [0.4, 0.5) is 5.69 Å². The first-order valence-electron chi connectivity index (χ1n) is 23.3. The number of ketones is 1. The monoisotopic (exact) mass is 951 g/mol. The fourth-order valence-electron chi connectivity index (χ4n) is 6.95. The number of aromatic amines is 2. The van der Waals surface area contributed by atoms with Crippen LogP contribution in [0.3, 0.4) is 0 Å². The summed E-state index contributed by atoms with van der Waals surface area (Å²) < 4.78 is 34.9. The van der Waals surface area contributed by atoms with E-state index in [1.165, 1.54) is 0 Å². The maximum Gasteiger partial charge on any atom is 0.323 e. The Bertz CT molecular complexity index is 2510. The van der Waals surface area contributed by atoms with E-state index in [1.54, 1.807) is 31.2 Å². The van der Waals surface area contributed by atoms with Gasteiger partial charge in [-0.15, -0.1) is 0 Å². The van der Waals surface area contributed by atoms with E-state index < -0.39 is 17.9 Å². The van der Waals surface area contributed by atoms with Crippen LogP contribution in [0.5, 0.6) is 34.5 Å². The number of rotatable bonds is 26. The molecule has 7 N–H and O–H groups in total. The number of fused-ring (bicyclic) bond motifs is 2. The molecule has 0 bridgehead atoms. The average molecular weight is 952 g/mol. The van der Waals surface area contributed by atoms with Gasteiger partial charge in [0.2, 0.25) is 17.6 Å². The van der Waals surface area contributed by atoms with Gasteiger partial charge in [0, 0.05) is 61.4 Å². The normalized spacial score (nSPS) is 13.6. The second kappa shape index (κ2) is 26.0. The Hall–Kier alpha value is -6.86. The standard InChI is InChI=1S/C26H33N3O6.C25H32N4O5/c1-17(2)27-15-20(30)16-35-23-8-5-4-7-22(23)34-14-6-13-33-21-11-9-19(10-12-21)25(31)24-18(3)28-26(32)29-24;1-17(2)26-13-19(30)16-34-23-7-4-3-6-22(23)33-11-5-10-32-20-8-9-21-18(12-20)14-29-15-24(31)28-25(29)27-21/h4-5,7-12,17,20,27,30H,6,13-16H2,1-3H3,(H2,28,29,32);3-4,6-9,12,17,19,26,30H,5,10-11,13-16H2,1-2H3,(H,27,28,31). The maximum absolute atomic E-state index is 12.5. The molecule has 4 aromatic carbocycles. The first-order chi connectivity index (χ1) is 33.3. The van der Waals surface area contributed by atoms with Crippen molar-refractivity contribution in [3.05, 3.63) is 124 Å². The van der Waals surface area contributed by atoms with Gasteiger partial charge in [-0.3, -0.25) is 14.9 Å². The van der Waals surface area contributed by atoms with Crippen molar-refractivity contribution in [2.45, 2.75) is 78.3 Å². The average Bonchev–Trinajstić information content (AvgIpc) is 3.88. The van der Waals surface area contributed by atoms with Crippen molar-refractivity contribution in [1.29, 1.82) is 0 Å². The lowest BCUT2D eigenvalue weighted by molar-refractivity contribution is -0.118. The quantitative estimate of drug-likeness (QED) is 0.0285. The molecule has 0 aliphatic carbocycles. The summed E-state index contributed by atoms with van der Waals surface area (Å²) in [5, 5.41) is 29.2. The third-order valence-electron chi connectivity index (χ3n) is 10.5. The molecule has 1 fully saturated rings. The number of imidazole rings is 1. The number of hydrogen-bond acceptors (Lipinski definition) is 15. The number of guanidine groups is 1. The Labute approximate surface area is 402 Å². The lowest BCUT2D eigenvalue weighted by Crippen LogP contribution is -2.35. The minimum atomic E-state index is -0.616. The fourth-order valence-corrected chi connectivity index (χ4v) is 6.95. The summed E-state index contributed by atoms with van der Waals surface area (Å²) in [5.41, 5.74) is 2.70. The smallest absolute Gasteiger partial charge is 0.323 e. The van der Waals surface area contributed by atoms with Crippen LogP contribution in [0.15, 0.2) is 101 Å². The molecule has 3 heterocycles. The first-order valence-corrected chi connectivity index (χ1v) is 23.3. The highest BCUT2D eigenvalue weighted by molar-refractivity contribution is 6.08. The van der Waals surface area contributed by atoms with Crippen LogP contribution < -0.4 is 50.1 Å². The molecule has 18 heteroatoms. The minimum absolute atomic E-state index is 0.0330. The van der Waals surface area contributed by atoms with Crippen molar-refractivity contribution in [2.75, 3.05) is 59.3 Å². The Kier molecular flexibility index (Phi) is 19.5. The summed E-state index contributed by atoms with van der Waals surface area (Å²) in [6, 6.07) is 27.9. The number of ether oxygens (including phenoxy) is 6. The van der Waals surface area contributed by atoms with E-state index in [4.69, 9.17) is 28.4 Å². The van der Waals surface area contributed by atoms with Crippen molar-refractivity contribution in [2.24, 2.45) is 4.99 Å². The molecule has 2 atom stereocenters. The number of benzene rings is 4. The van der Waals surface area contributed by atoms with Crippen LogP contribution in [0.25, 0.3) is 0 Å². The number of nitrogens with zero attached hydrogens (tertiary/aromatic N) is 2. The van der Waals surface area contributed by atoms with E-state index in [0.717, 1.165) is 17.0 Å². The van der Waals surface area contributed by atoms with Gasteiger partial charge in [-0.05, 0) is 73.7 Å². The number of H-pyrrole nitrogens is 2. The van der Waals surface area contributed by atoms with Crippen LogP contribution in [0.1, 0.15) is 67.8 Å². The third-order valence-corrected chi connectivity index (χ3v) is 10.5. The van der Waals surface area contributed by atoms with Gasteiger partial charge in [0.15, 0.2) is 23.0 Å². The molecule has 18 nitrogen and oxygen atoms in total. The van der Waals surface area contributed by atoms with Gasteiger partial charge in [-0.25, -0.2) is 9.79 Å². The zero-order chi connectivity index (χ0) is 49.1. The van der Waals surface area contributed by atoms with Gasteiger partial charge in [0.1, 0.15) is 49.2 Å². The number of nitrogens with one attached hydrogen (secondary N) is 5. The van der Waals surface area contributed by atoms with Gasteiger partial charge >= 0.3 is 5.69 Å². The molecule has 2 aliphatic rings. The summed E-state index contributed by atoms with van der Waals surface area (Å²) >= 11 is 0. The highest BCUT2D eigenvalue weighted by Crippen LogP contribution is 2.31. The Morgan fingerprint density at radius 1 is 0.667 bits per heavy atom. The van der Waals surface area contributed by atoms with E-state index in [2.05, 4.69) is 30.9 Å². The molecule has 69 heavy (non-hydrogen) atoms. The summed E-state index contributed by atoms with van der Waals surface area (Å²) in [6.45, 7) is 13.9. The number of aryl methyl sites for hydroxylation is 1. The van der Waals surface area contributed by atoms with Gasteiger partial charge in [0.05, 0.1) is 32.1 Å². The van der Waals surface area contributed by atoms with E-state index in [0.29, 0.717) is 123 Å². The Morgan fingerprint density at radius 2 is 1.17 bits per heavy atom. The highest BCUT2D eigenvalue weighted by atomic mass is 16.5. The summed E-state index contributed by atoms with van der Waals surface area (Å²) in [5.74, 6) is 4.17. The second-order valence-electron chi connectivity index (χ2n) is 17.1. The molecule has 7 rings (SSSR count). The zero-order valence-corrected chi connectivity index (χ0v) is 39.9. The summed E-state index contributed by atoms with van der Waals surface area (Å²) in [4.78, 5) is 47.0. The number of hydrogen-bond donors (Lipinski definition) is 7. The number of aliphatic imine (C=N–C) groups is 1. The number of carbonyl (C=O) groups is 2. The molecule has 0 saturated carbocycles. The van der Waals surface area contributed by atoms with Crippen LogP contribution in [-0.2, 0) is 11.3 Å². The van der Waals surface area contributed by atoms with Crippen LogP contribution in [0.2, 0.25) is 0 Å².